The lowest BCUT2D eigenvalue weighted by Gasteiger charge is -2.18. The fourth-order valence-corrected chi connectivity index (χ4v) is 5.81. The number of hydrogen-bond acceptors (Lipinski definition) is 3. The van der Waals surface area contributed by atoms with E-state index in [0.717, 1.165) is 52.8 Å². The van der Waals surface area contributed by atoms with E-state index < -0.39 is 6.17 Å². The Labute approximate surface area is 217 Å². The molecular formula is C31H45FO2S. The third-order valence-corrected chi connectivity index (χ3v) is 8.35. The van der Waals surface area contributed by atoms with Crippen molar-refractivity contribution in [1.82, 2.24) is 0 Å². The molecule has 35 heavy (non-hydrogen) atoms. The number of phenols is 1. The normalized spacial score (nSPS) is 13.1. The molecule has 0 aliphatic heterocycles. The number of unbranched alkanes of at least 4 members (excludes halogenated alkanes) is 8. The largest absolute Gasteiger partial charge is 0.507 e. The number of aromatic hydroxyl groups is 1. The van der Waals surface area contributed by atoms with Crippen LogP contribution >= 0.6 is 11.8 Å². The molecule has 2 rings (SSSR count). The van der Waals surface area contributed by atoms with Gasteiger partial charge in [0.2, 0.25) is 0 Å². The number of carbonyl (C=O) groups excluding carboxylic acids is 1. The number of hydrogen-bond donors (Lipinski definition) is 1. The minimum absolute atomic E-state index is 0.156. The van der Waals surface area contributed by atoms with Crippen LogP contribution in [0, 0.1) is 20.8 Å². The standard InChI is InChI=1S/C31H45FO2S/c1-23-21-28(25(3)26(4)30(23)34)22-29(33)31(27-18-14-12-15-19-27)35-20-16-11-9-7-5-6-8-10-13-17-24(2)32/h12,14-15,18-19,21,24,31,34H,5-11,13,16-17,20,22H2,1-4H3/t24?,31-/m0/s1. The number of carbonyl (C=O) groups is 1. The van der Waals surface area contributed by atoms with E-state index >= 15 is 0 Å². The third kappa shape index (κ3) is 10.4. The number of rotatable bonds is 17. The van der Waals surface area contributed by atoms with Crippen molar-refractivity contribution in [2.45, 2.75) is 110 Å². The molecule has 1 unspecified atom stereocenters. The van der Waals surface area contributed by atoms with Crippen molar-refractivity contribution in [3.8, 4) is 5.75 Å². The summed E-state index contributed by atoms with van der Waals surface area (Å²) in [5, 5.41) is 10.1. The van der Waals surface area contributed by atoms with E-state index in [-0.39, 0.29) is 11.0 Å². The van der Waals surface area contributed by atoms with Crippen molar-refractivity contribution < 1.29 is 14.3 Å². The molecule has 0 spiro atoms. The van der Waals surface area contributed by atoms with E-state index in [0.29, 0.717) is 18.6 Å². The van der Waals surface area contributed by atoms with Crippen molar-refractivity contribution in [3.05, 3.63) is 64.2 Å². The number of phenolic OH excluding ortho intramolecular Hbond substituents is 1. The predicted molar refractivity (Wildman–Crippen MR) is 149 cm³/mol. The van der Waals surface area contributed by atoms with Crippen LogP contribution in [-0.4, -0.2) is 22.8 Å². The molecule has 0 bridgehead atoms. The van der Waals surface area contributed by atoms with Gasteiger partial charge in [-0.05, 0) is 74.1 Å². The Bertz CT molecular complexity index is 895. The maximum absolute atomic E-state index is 13.4. The molecule has 0 amide bonds. The number of aryl methyl sites for hydroxylation is 1. The van der Waals surface area contributed by atoms with Crippen LogP contribution in [0.3, 0.4) is 0 Å². The Morgan fingerprint density at radius 3 is 2.06 bits per heavy atom. The van der Waals surface area contributed by atoms with Gasteiger partial charge in [0, 0.05) is 6.42 Å². The first-order valence-electron chi connectivity index (χ1n) is 13.4. The summed E-state index contributed by atoms with van der Waals surface area (Å²) >= 11 is 1.77. The number of benzene rings is 2. The molecule has 4 heteroatoms. The van der Waals surface area contributed by atoms with Crippen molar-refractivity contribution in [3.63, 3.8) is 0 Å². The molecular weight excluding hydrogens is 455 g/mol. The molecule has 2 aromatic rings. The van der Waals surface area contributed by atoms with E-state index in [4.69, 9.17) is 0 Å². The molecule has 194 valence electrons. The summed E-state index contributed by atoms with van der Waals surface area (Å²) < 4.78 is 12.8. The zero-order chi connectivity index (χ0) is 25.6. The van der Waals surface area contributed by atoms with Gasteiger partial charge in [-0.1, -0.05) is 87.8 Å². The Morgan fingerprint density at radius 1 is 0.886 bits per heavy atom. The van der Waals surface area contributed by atoms with Gasteiger partial charge in [-0.2, -0.15) is 0 Å². The molecule has 2 atom stereocenters. The summed E-state index contributed by atoms with van der Waals surface area (Å²) in [5.74, 6) is 1.55. The van der Waals surface area contributed by atoms with Crippen molar-refractivity contribution in [1.29, 1.82) is 0 Å². The minimum atomic E-state index is -0.657. The van der Waals surface area contributed by atoms with Gasteiger partial charge >= 0.3 is 0 Å². The molecule has 0 aromatic heterocycles. The third-order valence-electron chi connectivity index (χ3n) is 6.95. The lowest BCUT2D eigenvalue weighted by atomic mass is 9.94. The van der Waals surface area contributed by atoms with Crippen LogP contribution in [0.15, 0.2) is 36.4 Å². The molecule has 2 aromatic carbocycles. The zero-order valence-corrected chi connectivity index (χ0v) is 23.1. The highest BCUT2D eigenvalue weighted by atomic mass is 32.2. The first-order valence-corrected chi connectivity index (χ1v) is 14.5. The molecule has 2 nitrogen and oxygen atoms in total. The summed E-state index contributed by atoms with van der Waals surface area (Å²) in [4.78, 5) is 13.4. The first-order chi connectivity index (χ1) is 16.8. The van der Waals surface area contributed by atoms with Crippen LogP contribution in [0.5, 0.6) is 5.75 Å². The lowest BCUT2D eigenvalue weighted by Crippen LogP contribution is -2.14. The SMILES string of the molecule is Cc1cc(CC(=O)[C@@H](SCCCCCCCCCCCC(C)F)c2ccccc2)c(C)c(C)c1O. The highest BCUT2D eigenvalue weighted by Crippen LogP contribution is 2.34. The molecule has 0 aliphatic rings. The maximum atomic E-state index is 13.4. The molecule has 0 heterocycles. The Morgan fingerprint density at radius 2 is 1.46 bits per heavy atom. The van der Waals surface area contributed by atoms with Gasteiger partial charge in [-0.3, -0.25) is 4.79 Å². The quantitative estimate of drug-likeness (QED) is 0.220. The van der Waals surface area contributed by atoms with Crippen molar-refractivity contribution in [2.24, 2.45) is 0 Å². The van der Waals surface area contributed by atoms with Crippen LogP contribution in [0.4, 0.5) is 4.39 Å². The summed E-state index contributed by atoms with van der Waals surface area (Å²) in [5.41, 5.74) is 4.80. The van der Waals surface area contributed by atoms with Crippen LogP contribution in [0.2, 0.25) is 0 Å². The summed E-state index contributed by atoms with van der Waals surface area (Å²) in [6.07, 6.45) is 11.2. The van der Waals surface area contributed by atoms with Gasteiger partial charge in [0.15, 0.2) is 5.78 Å². The molecule has 0 fully saturated rings. The number of halogens is 1. The minimum Gasteiger partial charge on any atom is -0.507 e. The van der Waals surface area contributed by atoms with E-state index in [9.17, 15) is 14.3 Å². The lowest BCUT2D eigenvalue weighted by molar-refractivity contribution is -0.118. The fraction of sp³-hybridized carbons (Fsp3) is 0.581. The topological polar surface area (TPSA) is 37.3 Å². The van der Waals surface area contributed by atoms with E-state index in [1.807, 2.05) is 45.0 Å². The van der Waals surface area contributed by atoms with Crippen LogP contribution in [0.25, 0.3) is 0 Å². The van der Waals surface area contributed by atoms with Gasteiger partial charge in [0.05, 0.1) is 11.4 Å². The van der Waals surface area contributed by atoms with Gasteiger partial charge in [-0.25, -0.2) is 4.39 Å². The van der Waals surface area contributed by atoms with Gasteiger partial charge < -0.3 is 5.11 Å². The summed E-state index contributed by atoms with van der Waals surface area (Å²) in [6.45, 7) is 7.45. The van der Waals surface area contributed by atoms with Gasteiger partial charge in [0.1, 0.15) is 5.75 Å². The molecule has 0 aliphatic carbocycles. The molecule has 0 saturated carbocycles. The summed E-state index contributed by atoms with van der Waals surface area (Å²) in [6, 6.07) is 12.1. The average molecular weight is 501 g/mol. The zero-order valence-electron chi connectivity index (χ0n) is 22.2. The average Bonchev–Trinajstić information content (AvgIpc) is 2.84. The number of Topliss-reactive ketones (excluding diaryl/α,β-unsaturated/α-hetero) is 1. The van der Waals surface area contributed by atoms with Gasteiger partial charge in [-0.15, -0.1) is 11.8 Å². The molecule has 0 radical (unpaired) electrons. The van der Waals surface area contributed by atoms with Crippen LogP contribution in [0.1, 0.15) is 104 Å². The van der Waals surface area contributed by atoms with Gasteiger partial charge in [0.25, 0.3) is 0 Å². The number of alkyl halides is 1. The second-order valence-electron chi connectivity index (χ2n) is 10.0. The monoisotopic (exact) mass is 500 g/mol. The summed E-state index contributed by atoms with van der Waals surface area (Å²) in [7, 11) is 0. The molecule has 1 N–H and O–H groups in total. The number of thioether (sulfide) groups is 1. The second-order valence-corrected chi connectivity index (χ2v) is 11.2. The first kappa shape index (κ1) is 29.4. The highest BCUT2D eigenvalue weighted by Gasteiger charge is 2.22. The smallest absolute Gasteiger partial charge is 0.154 e. The Balaban J connectivity index is 1.78. The fourth-order valence-electron chi connectivity index (χ4n) is 4.59. The maximum Gasteiger partial charge on any atom is 0.154 e. The Hall–Kier alpha value is -1.81. The van der Waals surface area contributed by atoms with E-state index in [2.05, 4.69) is 12.1 Å². The van der Waals surface area contributed by atoms with Crippen LogP contribution in [-0.2, 0) is 11.2 Å². The van der Waals surface area contributed by atoms with E-state index in [1.165, 1.54) is 38.5 Å². The van der Waals surface area contributed by atoms with E-state index in [1.54, 1.807) is 18.7 Å². The van der Waals surface area contributed by atoms with Crippen molar-refractivity contribution in [2.75, 3.05) is 5.75 Å². The Kier molecular flexibility index (Phi) is 13.5. The number of ketones is 1. The highest BCUT2D eigenvalue weighted by molar-refractivity contribution is 8.00. The molecule has 0 saturated heterocycles. The predicted octanol–water partition coefficient (Wildman–Crippen LogP) is 9.16. The van der Waals surface area contributed by atoms with Crippen molar-refractivity contribution >= 4 is 17.5 Å². The van der Waals surface area contributed by atoms with Crippen LogP contribution < -0.4 is 0 Å². The second kappa shape index (κ2) is 16.0.